The van der Waals surface area contributed by atoms with Crippen LogP contribution in [-0.2, 0) is 17.1 Å². The van der Waals surface area contributed by atoms with Gasteiger partial charge in [0.1, 0.15) is 0 Å². The average Bonchev–Trinajstić information content (AvgIpc) is 3.53. The third-order valence-corrected chi connectivity index (χ3v) is 9.52. The summed E-state index contributed by atoms with van der Waals surface area (Å²) in [6.45, 7) is -0.383. The lowest BCUT2D eigenvalue weighted by molar-refractivity contribution is -0.358. The molecule has 5 rings (SSSR count). The summed E-state index contributed by atoms with van der Waals surface area (Å²) in [4.78, 5) is 12.9. The Kier molecular flexibility index (Phi) is 10.1. The van der Waals surface area contributed by atoms with Gasteiger partial charge in [0.2, 0.25) is 0 Å². The molecule has 5 nitrogen and oxygen atoms in total. The van der Waals surface area contributed by atoms with Crippen LogP contribution in [-0.4, -0.2) is 12.6 Å². The van der Waals surface area contributed by atoms with Gasteiger partial charge in [-0.05, 0) is 47.6 Å². The Bertz CT molecular complexity index is 1720. The molecule has 47 heavy (non-hydrogen) atoms. The molecule has 1 aliphatic carbocycles. The number of rotatable bonds is 9. The first kappa shape index (κ1) is 33.3. The van der Waals surface area contributed by atoms with E-state index in [2.05, 4.69) is 10.6 Å². The number of allylic oxidation sites excluding steroid dienone is 5. The summed E-state index contributed by atoms with van der Waals surface area (Å²) in [7, 11) is -1.14. The zero-order chi connectivity index (χ0) is 33.6. The molecule has 242 valence electrons. The maximum absolute atomic E-state index is 13.5. The number of hydrogen-bond acceptors (Lipinski definition) is 3. The van der Waals surface area contributed by atoms with E-state index in [9.17, 15) is 36.2 Å². The summed E-state index contributed by atoms with van der Waals surface area (Å²) in [5.74, 6) is -0.666. The van der Waals surface area contributed by atoms with Crippen molar-refractivity contribution in [2.24, 2.45) is 0 Å². The number of amides is 2. The fourth-order valence-corrected chi connectivity index (χ4v) is 7.29. The van der Waals surface area contributed by atoms with Crippen molar-refractivity contribution in [2.45, 2.75) is 18.4 Å². The Morgan fingerprint density at radius 1 is 0.766 bits per heavy atom. The Balaban J connectivity index is 1.38. The van der Waals surface area contributed by atoms with E-state index in [-0.39, 0.29) is 12.7 Å². The summed E-state index contributed by atoms with van der Waals surface area (Å²) in [5.41, 5.74) is -3.07. The SMILES string of the molecule is O=C(Nc1cc(C(F)(F)F)cc(C(F)(F)F)c1)N[C@H](CO/C([O-])=C1/C=CC=C1P(c1ccccc1)c1ccccc1)c1ccccc1. The number of benzene rings is 4. The van der Waals surface area contributed by atoms with Gasteiger partial charge in [0.15, 0.2) is 0 Å². The van der Waals surface area contributed by atoms with E-state index >= 15 is 0 Å². The summed E-state index contributed by atoms with van der Waals surface area (Å²) < 4.78 is 85.6. The van der Waals surface area contributed by atoms with Gasteiger partial charge in [0.25, 0.3) is 0 Å². The lowest BCUT2D eigenvalue weighted by Crippen LogP contribution is -2.35. The molecule has 0 aromatic heterocycles. The van der Waals surface area contributed by atoms with Crippen LogP contribution in [0.3, 0.4) is 0 Å². The molecular formula is C35H26F6N2O3P-. The molecule has 0 unspecified atom stereocenters. The largest absolute Gasteiger partial charge is 0.610 e. The first-order valence-corrected chi connectivity index (χ1v) is 15.5. The van der Waals surface area contributed by atoms with Crippen LogP contribution in [0.4, 0.5) is 36.8 Å². The summed E-state index contributed by atoms with van der Waals surface area (Å²) in [6.07, 6.45) is -4.93. The fourth-order valence-electron chi connectivity index (χ4n) is 4.86. The highest BCUT2D eigenvalue weighted by molar-refractivity contribution is 7.77. The first-order valence-electron chi connectivity index (χ1n) is 14.1. The lowest BCUT2D eigenvalue weighted by Gasteiger charge is -2.28. The van der Waals surface area contributed by atoms with Crippen LogP contribution in [0.5, 0.6) is 0 Å². The molecule has 1 atom stereocenters. The van der Waals surface area contributed by atoms with Crippen LogP contribution >= 0.6 is 7.92 Å². The molecule has 2 amide bonds. The van der Waals surface area contributed by atoms with Crippen molar-refractivity contribution >= 4 is 30.2 Å². The summed E-state index contributed by atoms with van der Waals surface area (Å²) >= 11 is 0. The highest BCUT2D eigenvalue weighted by Gasteiger charge is 2.37. The van der Waals surface area contributed by atoms with Gasteiger partial charge in [-0.15, -0.1) is 0 Å². The number of carbonyl (C=O) groups excluding carboxylic acids is 1. The number of carbonyl (C=O) groups is 1. The molecule has 0 spiro atoms. The highest BCUT2D eigenvalue weighted by atomic mass is 31.1. The van der Waals surface area contributed by atoms with Gasteiger partial charge in [-0.25, -0.2) is 4.79 Å². The predicted molar refractivity (Wildman–Crippen MR) is 167 cm³/mol. The Labute approximate surface area is 267 Å². The molecule has 1 aliphatic rings. The number of alkyl halides is 6. The minimum atomic E-state index is -5.09. The molecule has 4 aromatic rings. The fraction of sp³-hybridized carbons (Fsp3) is 0.114. The predicted octanol–water partition coefficient (Wildman–Crippen LogP) is 7.76. The molecule has 2 N–H and O–H groups in total. The highest BCUT2D eigenvalue weighted by Crippen LogP contribution is 2.49. The first-order chi connectivity index (χ1) is 22.4. The molecule has 0 saturated carbocycles. The average molecular weight is 668 g/mol. The summed E-state index contributed by atoms with van der Waals surface area (Å²) in [5, 5.41) is 20.9. The number of anilines is 1. The second-order valence-corrected chi connectivity index (χ2v) is 12.5. The van der Waals surface area contributed by atoms with Gasteiger partial charge in [0, 0.05) is 17.9 Å². The molecule has 0 heterocycles. The minimum absolute atomic E-state index is 0.0331. The van der Waals surface area contributed by atoms with E-state index in [1.54, 1.807) is 42.5 Å². The maximum Gasteiger partial charge on any atom is 0.416 e. The van der Waals surface area contributed by atoms with E-state index in [1.807, 2.05) is 66.7 Å². The topological polar surface area (TPSA) is 73.4 Å². The second kappa shape index (κ2) is 14.2. The molecule has 0 fully saturated rings. The van der Waals surface area contributed by atoms with Crippen molar-refractivity contribution in [3.8, 4) is 0 Å². The molecule has 12 heteroatoms. The van der Waals surface area contributed by atoms with Crippen LogP contribution < -0.4 is 26.3 Å². The van der Waals surface area contributed by atoms with Crippen LogP contribution in [0.2, 0.25) is 0 Å². The van der Waals surface area contributed by atoms with E-state index in [4.69, 9.17) is 4.74 Å². The van der Waals surface area contributed by atoms with Gasteiger partial charge in [-0.3, -0.25) is 0 Å². The van der Waals surface area contributed by atoms with Gasteiger partial charge in [-0.1, -0.05) is 109 Å². The van der Waals surface area contributed by atoms with Crippen molar-refractivity contribution in [1.82, 2.24) is 5.32 Å². The number of urea groups is 1. The zero-order valence-corrected chi connectivity index (χ0v) is 25.2. The van der Waals surface area contributed by atoms with Crippen LogP contribution in [0, 0.1) is 0 Å². The maximum atomic E-state index is 13.5. The van der Waals surface area contributed by atoms with E-state index in [0.29, 0.717) is 23.3 Å². The zero-order valence-electron chi connectivity index (χ0n) is 24.3. The number of nitrogens with one attached hydrogen (secondary N) is 2. The Morgan fingerprint density at radius 2 is 1.28 bits per heavy atom. The standard InChI is InChI=1S/C35H27F6N2O3P/c36-34(37,38)24-19-25(35(39,40)41)21-26(20-24)42-33(45)43-30(23-11-4-1-5-12-23)22-46-32(44)29-17-10-18-31(29)47(27-13-6-2-7-14-27)28-15-8-3-9-16-28/h1-21,30,44H,22H2,(H2,42,43,45)/p-1/b32-29-/t30-/m1/s1. The number of halogens is 6. The second-order valence-electron chi connectivity index (χ2n) is 10.3. The monoisotopic (exact) mass is 667 g/mol. The molecule has 0 saturated heterocycles. The van der Waals surface area contributed by atoms with E-state index < -0.39 is 55.1 Å². The van der Waals surface area contributed by atoms with Gasteiger partial charge >= 0.3 is 18.4 Å². The van der Waals surface area contributed by atoms with Crippen LogP contribution in [0.25, 0.3) is 0 Å². The minimum Gasteiger partial charge on any atom is -0.610 e. The van der Waals surface area contributed by atoms with Gasteiger partial charge in [0.05, 0.1) is 23.1 Å². The van der Waals surface area contributed by atoms with Crippen molar-refractivity contribution in [2.75, 3.05) is 11.9 Å². The van der Waals surface area contributed by atoms with Gasteiger partial charge in [-0.2, -0.15) is 26.3 Å². The normalized spacial score (nSPS) is 14.8. The molecule has 0 radical (unpaired) electrons. The van der Waals surface area contributed by atoms with Crippen LogP contribution in [0.1, 0.15) is 22.7 Å². The van der Waals surface area contributed by atoms with E-state index in [1.165, 1.54) is 0 Å². The van der Waals surface area contributed by atoms with Crippen LogP contribution in [0.15, 0.2) is 144 Å². The van der Waals surface area contributed by atoms with Crippen molar-refractivity contribution in [3.63, 3.8) is 0 Å². The van der Waals surface area contributed by atoms with E-state index in [0.717, 1.165) is 15.9 Å². The molecular weight excluding hydrogens is 641 g/mol. The van der Waals surface area contributed by atoms with Crippen molar-refractivity contribution in [3.05, 3.63) is 161 Å². The smallest absolute Gasteiger partial charge is 0.416 e. The number of hydrogen-bond donors (Lipinski definition) is 2. The molecule has 0 aliphatic heterocycles. The lowest BCUT2D eigenvalue weighted by atomic mass is 10.1. The Hall–Kier alpha value is -5.02. The third kappa shape index (κ3) is 8.42. The molecule has 4 aromatic carbocycles. The summed E-state index contributed by atoms with van der Waals surface area (Å²) in [6, 6.07) is 26.3. The Morgan fingerprint density at radius 3 is 1.79 bits per heavy atom. The van der Waals surface area contributed by atoms with Gasteiger partial charge < -0.3 is 20.5 Å². The van der Waals surface area contributed by atoms with Crippen molar-refractivity contribution < 1.29 is 41.0 Å². The molecule has 0 bridgehead atoms. The van der Waals surface area contributed by atoms with Crippen molar-refractivity contribution in [1.29, 1.82) is 0 Å². The third-order valence-electron chi connectivity index (χ3n) is 7.02. The quantitative estimate of drug-likeness (QED) is 0.109. The number of ether oxygens (including phenoxy) is 1.